The SMILES string of the molecule is FC(F)(F)c1ccc(-c2nnc3sc(C(F)(F)F)nn23)cc1. The molecule has 116 valence electrons. The van der Waals surface area contributed by atoms with Gasteiger partial charge >= 0.3 is 12.4 Å². The molecule has 0 unspecified atom stereocenters. The summed E-state index contributed by atoms with van der Waals surface area (Å²) < 4.78 is 76.0. The minimum atomic E-state index is -4.62. The predicted octanol–water partition coefficient (Wildman–Crippen LogP) is 3.89. The van der Waals surface area contributed by atoms with Crippen LogP contribution in [0.15, 0.2) is 24.3 Å². The highest BCUT2D eigenvalue weighted by Crippen LogP contribution is 2.34. The van der Waals surface area contributed by atoms with Gasteiger partial charge < -0.3 is 0 Å². The molecule has 0 atom stereocenters. The topological polar surface area (TPSA) is 43.1 Å². The highest BCUT2D eigenvalue weighted by molar-refractivity contribution is 7.16. The van der Waals surface area contributed by atoms with Gasteiger partial charge in [0.15, 0.2) is 5.82 Å². The van der Waals surface area contributed by atoms with Crippen molar-refractivity contribution < 1.29 is 26.3 Å². The zero-order valence-electron chi connectivity index (χ0n) is 10.3. The lowest BCUT2D eigenvalue weighted by atomic mass is 10.1. The molecule has 0 aliphatic heterocycles. The lowest BCUT2D eigenvalue weighted by molar-refractivity contribution is -0.138. The highest BCUT2D eigenvalue weighted by atomic mass is 32.1. The van der Waals surface area contributed by atoms with E-state index in [4.69, 9.17) is 0 Å². The summed E-state index contributed by atoms with van der Waals surface area (Å²) in [6, 6.07) is 3.83. The Labute approximate surface area is 122 Å². The van der Waals surface area contributed by atoms with E-state index in [2.05, 4.69) is 15.3 Å². The summed E-state index contributed by atoms with van der Waals surface area (Å²) in [4.78, 5) is -0.0952. The van der Waals surface area contributed by atoms with E-state index in [1.807, 2.05) is 0 Å². The third kappa shape index (κ3) is 2.51. The fourth-order valence-electron chi connectivity index (χ4n) is 1.72. The first-order chi connectivity index (χ1) is 10.2. The second-order valence-electron chi connectivity index (χ2n) is 4.20. The molecule has 22 heavy (non-hydrogen) atoms. The fourth-order valence-corrected chi connectivity index (χ4v) is 2.43. The van der Waals surface area contributed by atoms with Gasteiger partial charge in [0.1, 0.15) is 0 Å². The fraction of sp³-hybridized carbons (Fsp3) is 0.182. The van der Waals surface area contributed by atoms with E-state index in [9.17, 15) is 26.3 Å². The van der Waals surface area contributed by atoms with Crippen LogP contribution >= 0.6 is 11.3 Å². The summed E-state index contributed by atoms with van der Waals surface area (Å²) in [5.41, 5.74) is -0.689. The molecule has 0 amide bonds. The van der Waals surface area contributed by atoms with Crippen molar-refractivity contribution in [3.63, 3.8) is 0 Å². The molecule has 2 aromatic heterocycles. The van der Waals surface area contributed by atoms with E-state index >= 15 is 0 Å². The van der Waals surface area contributed by atoms with Crippen LogP contribution in [0.5, 0.6) is 0 Å². The lowest BCUT2D eigenvalue weighted by Crippen LogP contribution is -2.06. The molecule has 3 aromatic rings. The van der Waals surface area contributed by atoms with E-state index < -0.39 is 22.9 Å². The van der Waals surface area contributed by atoms with E-state index in [0.717, 1.165) is 28.8 Å². The van der Waals surface area contributed by atoms with Gasteiger partial charge in [0.2, 0.25) is 9.97 Å². The Kier molecular flexibility index (Phi) is 3.13. The maximum Gasteiger partial charge on any atom is 0.445 e. The van der Waals surface area contributed by atoms with Gasteiger partial charge in [-0.25, -0.2) is 0 Å². The number of nitrogens with zero attached hydrogens (tertiary/aromatic N) is 4. The average molecular weight is 338 g/mol. The molecule has 3 rings (SSSR count). The highest BCUT2D eigenvalue weighted by Gasteiger charge is 2.36. The molecule has 0 N–H and O–H groups in total. The van der Waals surface area contributed by atoms with Crippen LogP contribution in [0.3, 0.4) is 0 Å². The summed E-state index contributed by atoms with van der Waals surface area (Å²) in [7, 11) is 0. The van der Waals surface area contributed by atoms with Crippen LogP contribution in [0.4, 0.5) is 26.3 Å². The van der Waals surface area contributed by atoms with Crippen LogP contribution in [0.2, 0.25) is 0 Å². The van der Waals surface area contributed by atoms with Crippen molar-refractivity contribution in [2.45, 2.75) is 12.4 Å². The van der Waals surface area contributed by atoms with E-state index in [-0.39, 0.29) is 16.3 Å². The Morgan fingerprint density at radius 3 is 2.05 bits per heavy atom. The number of aromatic nitrogens is 4. The van der Waals surface area contributed by atoms with Crippen LogP contribution in [0, 0.1) is 0 Å². The molecule has 11 heteroatoms. The van der Waals surface area contributed by atoms with Crippen molar-refractivity contribution in [1.82, 2.24) is 19.8 Å². The van der Waals surface area contributed by atoms with Crippen molar-refractivity contribution in [3.05, 3.63) is 34.8 Å². The van der Waals surface area contributed by atoms with Gasteiger partial charge in [0, 0.05) is 5.56 Å². The summed E-state index contributed by atoms with van der Waals surface area (Å²) in [6.07, 6.45) is -9.12. The molecule has 0 aliphatic rings. The van der Waals surface area contributed by atoms with Gasteiger partial charge in [-0.3, -0.25) is 0 Å². The minimum Gasteiger partial charge on any atom is -0.182 e. The average Bonchev–Trinajstić information content (AvgIpc) is 2.96. The zero-order valence-corrected chi connectivity index (χ0v) is 11.1. The van der Waals surface area contributed by atoms with Gasteiger partial charge in [-0.05, 0) is 12.1 Å². The summed E-state index contributed by atoms with van der Waals surface area (Å²) >= 11 is 0.300. The minimum absolute atomic E-state index is 0.0597. The van der Waals surface area contributed by atoms with Gasteiger partial charge in [0.05, 0.1) is 5.56 Å². The first-order valence-corrected chi connectivity index (χ1v) is 6.45. The Balaban J connectivity index is 2.05. The molecular weight excluding hydrogens is 334 g/mol. The van der Waals surface area contributed by atoms with Gasteiger partial charge in [-0.1, -0.05) is 23.5 Å². The number of rotatable bonds is 1. The van der Waals surface area contributed by atoms with E-state index in [1.165, 1.54) is 0 Å². The third-order valence-electron chi connectivity index (χ3n) is 2.70. The van der Waals surface area contributed by atoms with Crippen LogP contribution < -0.4 is 0 Å². The molecule has 2 heterocycles. The second-order valence-corrected chi connectivity index (χ2v) is 5.15. The second kappa shape index (κ2) is 4.66. The number of alkyl halides is 6. The summed E-state index contributed by atoms with van der Waals surface area (Å²) in [5, 5.41) is 9.45. The van der Waals surface area contributed by atoms with E-state index in [1.54, 1.807) is 0 Å². The van der Waals surface area contributed by atoms with Gasteiger partial charge in [0.25, 0.3) is 0 Å². The number of hydrogen-bond acceptors (Lipinski definition) is 4. The first-order valence-electron chi connectivity index (χ1n) is 5.63. The quantitative estimate of drug-likeness (QED) is 0.632. The smallest absolute Gasteiger partial charge is 0.182 e. The van der Waals surface area contributed by atoms with Crippen LogP contribution in [0.1, 0.15) is 10.6 Å². The molecule has 0 aliphatic carbocycles. The monoisotopic (exact) mass is 338 g/mol. The summed E-state index contributed by atoms with van der Waals surface area (Å²) in [6.45, 7) is 0. The van der Waals surface area contributed by atoms with Crippen molar-refractivity contribution >= 4 is 16.3 Å². The van der Waals surface area contributed by atoms with Gasteiger partial charge in [-0.15, -0.1) is 15.3 Å². The third-order valence-corrected chi connectivity index (χ3v) is 3.65. The first kappa shape index (κ1) is 14.8. The Morgan fingerprint density at radius 1 is 0.864 bits per heavy atom. The number of benzene rings is 1. The standard InChI is InChI=1S/C11H4F6N4S/c12-10(13,14)6-3-1-5(2-4-6)7-18-19-9-21(7)20-8(22-9)11(15,16)17/h1-4H. The van der Waals surface area contributed by atoms with Crippen molar-refractivity contribution in [1.29, 1.82) is 0 Å². The number of fused-ring (bicyclic) bond motifs is 1. The van der Waals surface area contributed by atoms with Crippen molar-refractivity contribution in [3.8, 4) is 11.4 Å². The molecule has 0 fully saturated rings. The molecule has 0 radical (unpaired) electrons. The molecule has 4 nitrogen and oxygen atoms in total. The van der Waals surface area contributed by atoms with Gasteiger partial charge in [-0.2, -0.15) is 30.9 Å². The molecule has 0 saturated heterocycles. The largest absolute Gasteiger partial charge is 0.445 e. The molecule has 1 aromatic carbocycles. The predicted molar refractivity (Wildman–Crippen MR) is 64.1 cm³/mol. The zero-order chi connectivity index (χ0) is 16.1. The normalized spacial score (nSPS) is 13.0. The maximum atomic E-state index is 12.6. The molecule has 0 spiro atoms. The Morgan fingerprint density at radius 2 is 1.50 bits per heavy atom. The van der Waals surface area contributed by atoms with Crippen LogP contribution in [0.25, 0.3) is 16.3 Å². The van der Waals surface area contributed by atoms with Crippen LogP contribution in [-0.2, 0) is 12.4 Å². The van der Waals surface area contributed by atoms with Crippen molar-refractivity contribution in [2.75, 3.05) is 0 Å². The van der Waals surface area contributed by atoms with Crippen LogP contribution in [-0.4, -0.2) is 19.8 Å². The van der Waals surface area contributed by atoms with E-state index in [0.29, 0.717) is 11.3 Å². The van der Waals surface area contributed by atoms with Crippen molar-refractivity contribution in [2.24, 2.45) is 0 Å². The molecule has 0 saturated carbocycles. The Hall–Kier alpha value is -2.17. The number of hydrogen-bond donors (Lipinski definition) is 0. The lowest BCUT2D eigenvalue weighted by Gasteiger charge is -2.06. The molecular formula is C11H4F6N4S. The molecule has 0 bridgehead atoms. The Bertz CT molecular complexity index is 814. The summed E-state index contributed by atoms with van der Waals surface area (Å²) in [5.74, 6) is -0.0597. The maximum absolute atomic E-state index is 12.6. The number of halogens is 6.